The normalized spacial score (nSPS) is 12.5. The predicted octanol–water partition coefficient (Wildman–Crippen LogP) is 2.61. The Kier molecular flexibility index (Phi) is 6.49. The van der Waals surface area contributed by atoms with Crippen LogP contribution in [0.1, 0.15) is 36.2 Å². The van der Waals surface area contributed by atoms with Crippen molar-refractivity contribution in [1.82, 2.24) is 10.2 Å². The molecule has 0 radical (unpaired) electrons. The predicted molar refractivity (Wildman–Crippen MR) is 87.1 cm³/mol. The standard InChI is InChI=1S/C16H25N3O3/c1-11(2)8-13(10-18(4)5)17-16(20)15-7-6-14(19(21)22)9-12(15)3/h6-7,9,11,13H,8,10H2,1-5H3,(H,17,20). The van der Waals surface area contributed by atoms with Crippen LogP contribution in [0.4, 0.5) is 5.69 Å². The van der Waals surface area contributed by atoms with Gasteiger partial charge in [-0.1, -0.05) is 13.8 Å². The first kappa shape index (κ1) is 18.1. The number of carbonyl (C=O) groups is 1. The van der Waals surface area contributed by atoms with E-state index in [-0.39, 0.29) is 17.6 Å². The van der Waals surface area contributed by atoms with Crippen molar-refractivity contribution in [2.24, 2.45) is 5.92 Å². The summed E-state index contributed by atoms with van der Waals surface area (Å²) in [5.41, 5.74) is 1.10. The van der Waals surface area contributed by atoms with Crippen LogP contribution in [0.15, 0.2) is 18.2 Å². The quantitative estimate of drug-likeness (QED) is 0.620. The number of hydrogen-bond acceptors (Lipinski definition) is 4. The van der Waals surface area contributed by atoms with Gasteiger partial charge < -0.3 is 10.2 Å². The number of nitrogens with zero attached hydrogens (tertiary/aromatic N) is 2. The lowest BCUT2D eigenvalue weighted by Gasteiger charge is -2.24. The molecule has 0 aliphatic carbocycles. The lowest BCUT2D eigenvalue weighted by Crippen LogP contribution is -2.42. The van der Waals surface area contributed by atoms with Crippen LogP contribution in [0.3, 0.4) is 0 Å². The zero-order valence-corrected chi connectivity index (χ0v) is 13.9. The molecule has 1 N–H and O–H groups in total. The summed E-state index contributed by atoms with van der Waals surface area (Å²) in [6.45, 7) is 6.71. The van der Waals surface area contributed by atoms with Gasteiger partial charge in [-0.15, -0.1) is 0 Å². The largest absolute Gasteiger partial charge is 0.348 e. The van der Waals surface area contributed by atoms with Gasteiger partial charge in [-0.2, -0.15) is 0 Å². The molecule has 0 saturated carbocycles. The maximum absolute atomic E-state index is 12.4. The molecule has 1 unspecified atom stereocenters. The first-order valence-electron chi connectivity index (χ1n) is 7.41. The molecule has 1 aromatic carbocycles. The molecule has 0 fully saturated rings. The average molecular weight is 307 g/mol. The Morgan fingerprint density at radius 1 is 1.36 bits per heavy atom. The highest BCUT2D eigenvalue weighted by Gasteiger charge is 2.18. The number of rotatable bonds is 7. The minimum Gasteiger partial charge on any atom is -0.348 e. The average Bonchev–Trinajstić information content (AvgIpc) is 2.36. The number of aryl methyl sites for hydroxylation is 1. The van der Waals surface area contributed by atoms with E-state index >= 15 is 0 Å². The van der Waals surface area contributed by atoms with Gasteiger partial charge in [-0.3, -0.25) is 14.9 Å². The summed E-state index contributed by atoms with van der Waals surface area (Å²) in [4.78, 5) is 24.8. The Morgan fingerprint density at radius 3 is 2.45 bits per heavy atom. The Morgan fingerprint density at radius 2 is 2.00 bits per heavy atom. The van der Waals surface area contributed by atoms with Crippen molar-refractivity contribution < 1.29 is 9.72 Å². The summed E-state index contributed by atoms with van der Waals surface area (Å²) in [6.07, 6.45) is 0.885. The third-order valence-corrected chi connectivity index (χ3v) is 3.34. The van der Waals surface area contributed by atoms with E-state index in [2.05, 4.69) is 19.2 Å². The molecule has 1 atom stereocenters. The summed E-state index contributed by atoms with van der Waals surface area (Å²) in [7, 11) is 3.94. The molecule has 6 heteroatoms. The molecular weight excluding hydrogens is 282 g/mol. The van der Waals surface area contributed by atoms with Crippen LogP contribution >= 0.6 is 0 Å². The third kappa shape index (κ3) is 5.44. The van der Waals surface area contributed by atoms with Gasteiger partial charge in [0.2, 0.25) is 0 Å². The van der Waals surface area contributed by atoms with E-state index in [4.69, 9.17) is 0 Å². The van der Waals surface area contributed by atoms with Crippen LogP contribution in [0.5, 0.6) is 0 Å². The summed E-state index contributed by atoms with van der Waals surface area (Å²) >= 11 is 0. The first-order valence-corrected chi connectivity index (χ1v) is 7.41. The monoisotopic (exact) mass is 307 g/mol. The van der Waals surface area contributed by atoms with Gasteiger partial charge in [0.15, 0.2) is 0 Å². The summed E-state index contributed by atoms with van der Waals surface area (Å²) in [6, 6.07) is 4.37. The van der Waals surface area contributed by atoms with Crippen molar-refractivity contribution in [3.8, 4) is 0 Å². The van der Waals surface area contributed by atoms with E-state index in [0.717, 1.165) is 13.0 Å². The van der Waals surface area contributed by atoms with Crippen LogP contribution in [0, 0.1) is 23.0 Å². The number of nitrogens with one attached hydrogen (secondary N) is 1. The molecule has 0 bridgehead atoms. The Bertz CT molecular complexity index is 531. The van der Waals surface area contributed by atoms with Crippen molar-refractivity contribution in [2.75, 3.05) is 20.6 Å². The highest BCUT2D eigenvalue weighted by Crippen LogP contribution is 2.17. The van der Waals surface area contributed by atoms with Crippen molar-refractivity contribution >= 4 is 11.6 Å². The molecule has 1 amide bonds. The summed E-state index contributed by atoms with van der Waals surface area (Å²) in [5.74, 6) is 0.295. The second kappa shape index (κ2) is 7.89. The molecule has 122 valence electrons. The summed E-state index contributed by atoms with van der Waals surface area (Å²) < 4.78 is 0. The van der Waals surface area contributed by atoms with Gasteiger partial charge in [0, 0.05) is 30.3 Å². The van der Waals surface area contributed by atoms with E-state index in [1.165, 1.54) is 18.2 Å². The van der Waals surface area contributed by atoms with Gasteiger partial charge in [-0.25, -0.2) is 0 Å². The number of carbonyl (C=O) groups excluding carboxylic acids is 1. The number of nitro groups is 1. The molecule has 0 aliphatic heterocycles. The van der Waals surface area contributed by atoms with Crippen LogP contribution in [0.2, 0.25) is 0 Å². The maximum atomic E-state index is 12.4. The Labute approximate surface area is 131 Å². The minimum absolute atomic E-state index is 0.000993. The second-order valence-electron chi connectivity index (χ2n) is 6.32. The van der Waals surface area contributed by atoms with Crippen LogP contribution in [-0.2, 0) is 0 Å². The van der Waals surface area contributed by atoms with Gasteiger partial charge in [0.1, 0.15) is 0 Å². The van der Waals surface area contributed by atoms with Crippen molar-refractivity contribution in [1.29, 1.82) is 0 Å². The topological polar surface area (TPSA) is 75.5 Å². The minimum atomic E-state index is -0.456. The molecule has 0 aliphatic rings. The number of non-ortho nitro benzene ring substituents is 1. The van der Waals surface area contributed by atoms with E-state index in [9.17, 15) is 14.9 Å². The molecule has 0 spiro atoms. The zero-order valence-electron chi connectivity index (χ0n) is 13.9. The van der Waals surface area contributed by atoms with E-state index in [1.54, 1.807) is 6.92 Å². The van der Waals surface area contributed by atoms with Crippen molar-refractivity contribution in [3.05, 3.63) is 39.4 Å². The Hall–Kier alpha value is -1.95. The second-order valence-corrected chi connectivity index (χ2v) is 6.32. The number of likely N-dealkylation sites (N-methyl/N-ethyl adjacent to an activating group) is 1. The molecule has 22 heavy (non-hydrogen) atoms. The SMILES string of the molecule is Cc1cc([N+](=O)[O-])ccc1C(=O)NC(CC(C)C)CN(C)C. The fraction of sp³-hybridized carbons (Fsp3) is 0.562. The molecule has 1 rings (SSSR count). The van der Waals surface area contributed by atoms with Gasteiger partial charge in [0.25, 0.3) is 11.6 Å². The van der Waals surface area contributed by atoms with E-state index in [0.29, 0.717) is 17.0 Å². The van der Waals surface area contributed by atoms with Crippen LogP contribution in [-0.4, -0.2) is 42.4 Å². The fourth-order valence-corrected chi connectivity index (χ4v) is 2.47. The Balaban J connectivity index is 2.87. The van der Waals surface area contributed by atoms with Crippen LogP contribution < -0.4 is 5.32 Å². The smallest absolute Gasteiger partial charge is 0.269 e. The fourth-order valence-electron chi connectivity index (χ4n) is 2.47. The third-order valence-electron chi connectivity index (χ3n) is 3.34. The number of hydrogen-bond donors (Lipinski definition) is 1. The molecular formula is C16H25N3O3. The molecule has 6 nitrogen and oxygen atoms in total. The van der Waals surface area contributed by atoms with E-state index in [1.807, 2.05) is 19.0 Å². The molecule has 1 aromatic rings. The lowest BCUT2D eigenvalue weighted by atomic mass is 10.0. The number of nitro benzene ring substituents is 1. The molecule has 0 saturated heterocycles. The van der Waals surface area contributed by atoms with Gasteiger partial charge in [-0.05, 0) is 45.0 Å². The lowest BCUT2D eigenvalue weighted by molar-refractivity contribution is -0.384. The molecule has 0 heterocycles. The van der Waals surface area contributed by atoms with Gasteiger partial charge in [0.05, 0.1) is 4.92 Å². The maximum Gasteiger partial charge on any atom is 0.269 e. The number of amides is 1. The highest BCUT2D eigenvalue weighted by molar-refractivity contribution is 5.96. The number of benzene rings is 1. The molecule has 0 aromatic heterocycles. The zero-order chi connectivity index (χ0) is 16.9. The van der Waals surface area contributed by atoms with Crippen LogP contribution in [0.25, 0.3) is 0 Å². The van der Waals surface area contributed by atoms with Crippen molar-refractivity contribution in [2.45, 2.75) is 33.2 Å². The summed E-state index contributed by atoms with van der Waals surface area (Å²) in [5, 5.41) is 13.8. The highest BCUT2D eigenvalue weighted by atomic mass is 16.6. The first-order chi connectivity index (χ1) is 10.2. The van der Waals surface area contributed by atoms with Gasteiger partial charge >= 0.3 is 0 Å². The van der Waals surface area contributed by atoms with Crippen molar-refractivity contribution in [3.63, 3.8) is 0 Å². The van der Waals surface area contributed by atoms with E-state index < -0.39 is 4.92 Å².